The van der Waals surface area contributed by atoms with Crippen molar-refractivity contribution < 1.29 is 23.4 Å². The maximum Gasteiger partial charge on any atom is 0.330 e. The van der Waals surface area contributed by atoms with Crippen molar-refractivity contribution in [3.8, 4) is 5.75 Å². The van der Waals surface area contributed by atoms with E-state index in [2.05, 4.69) is 0 Å². The van der Waals surface area contributed by atoms with E-state index in [1.807, 2.05) is 29.8 Å². The summed E-state index contributed by atoms with van der Waals surface area (Å²) in [5.74, 6) is -1.01. The largest absolute Gasteiger partial charge is 0.506 e. The van der Waals surface area contributed by atoms with Gasteiger partial charge >= 0.3 is 10.2 Å². The Hall–Kier alpha value is -3.00. The molecule has 0 radical (unpaired) electrons. The summed E-state index contributed by atoms with van der Waals surface area (Å²) in [5.41, 5.74) is 1.36. The number of carbonyl (C=O) groups is 1. The SMILES string of the molecule is CCC(Cc1ccc(N2C=C(O)NS2(=O)=O)c(O)c1)C(=O)c1ccccc1. The predicted molar refractivity (Wildman–Crippen MR) is 102 cm³/mol. The van der Waals surface area contributed by atoms with Crippen molar-refractivity contribution in [2.75, 3.05) is 4.31 Å². The highest BCUT2D eigenvalue weighted by Crippen LogP contribution is 2.33. The predicted octanol–water partition coefficient (Wildman–Crippen LogP) is 2.86. The van der Waals surface area contributed by atoms with Gasteiger partial charge in [0.15, 0.2) is 5.78 Å². The number of Topliss-reactive ketones (excluding diaryl/α,β-unsaturated/α-hetero) is 1. The fourth-order valence-electron chi connectivity index (χ4n) is 3.01. The molecular formula is C19H20N2O5S. The van der Waals surface area contributed by atoms with Gasteiger partial charge in [0, 0.05) is 11.5 Å². The molecule has 0 aliphatic carbocycles. The molecule has 2 aromatic rings. The minimum absolute atomic E-state index is 0.0118. The van der Waals surface area contributed by atoms with Crippen LogP contribution < -0.4 is 9.03 Å². The van der Waals surface area contributed by atoms with Gasteiger partial charge in [-0.2, -0.15) is 8.42 Å². The van der Waals surface area contributed by atoms with E-state index in [0.717, 1.165) is 10.5 Å². The number of phenols is 1. The summed E-state index contributed by atoms with van der Waals surface area (Å²) in [6, 6.07) is 13.6. The van der Waals surface area contributed by atoms with Gasteiger partial charge in [-0.15, -0.1) is 0 Å². The van der Waals surface area contributed by atoms with Crippen molar-refractivity contribution in [3.05, 3.63) is 71.7 Å². The van der Waals surface area contributed by atoms with Crippen LogP contribution in [0.3, 0.4) is 0 Å². The van der Waals surface area contributed by atoms with E-state index >= 15 is 0 Å². The minimum Gasteiger partial charge on any atom is -0.506 e. The summed E-state index contributed by atoms with van der Waals surface area (Å²) in [6.07, 6.45) is 2.03. The number of phenolic OH excluding ortho intramolecular Hbond substituents is 1. The average molecular weight is 388 g/mol. The van der Waals surface area contributed by atoms with Crippen LogP contribution in [-0.2, 0) is 16.6 Å². The number of rotatable bonds is 6. The smallest absolute Gasteiger partial charge is 0.330 e. The zero-order valence-corrected chi connectivity index (χ0v) is 15.5. The quantitative estimate of drug-likeness (QED) is 0.660. The fourth-order valence-corrected chi connectivity index (χ4v) is 4.08. The molecule has 0 spiro atoms. The Bertz CT molecular complexity index is 986. The number of ketones is 1. The van der Waals surface area contributed by atoms with E-state index in [1.165, 1.54) is 12.1 Å². The Morgan fingerprint density at radius 3 is 2.41 bits per heavy atom. The van der Waals surface area contributed by atoms with Gasteiger partial charge < -0.3 is 10.2 Å². The van der Waals surface area contributed by atoms with Gasteiger partial charge in [-0.1, -0.05) is 43.3 Å². The van der Waals surface area contributed by atoms with Crippen LogP contribution in [-0.4, -0.2) is 24.4 Å². The van der Waals surface area contributed by atoms with Crippen molar-refractivity contribution in [3.63, 3.8) is 0 Å². The van der Waals surface area contributed by atoms with E-state index in [4.69, 9.17) is 0 Å². The van der Waals surface area contributed by atoms with Gasteiger partial charge in [0.25, 0.3) is 0 Å². The molecule has 1 aliphatic rings. The molecule has 3 N–H and O–H groups in total. The van der Waals surface area contributed by atoms with Gasteiger partial charge in [-0.25, -0.2) is 9.03 Å². The molecule has 0 saturated carbocycles. The number of aromatic hydroxyl groups is 1. The first-order valence-electron chi connectivity index (χ1n) is 8.46. The zero-order valence-electron chi connectivity index (χ0n) is 14.7. The third-order valence-corrected chi connectivity index (χ3v) is 5.70. The van der Waals surface area contributed by atoms with Crippen LogP contribution in [0.5, 0.6) is 5.75 Å². The highest BCUT2D eigenvalue weighted by molar-refractivity contribution is 7.91. The minimum atomic E-state index is -3.98. The van der Waals surface area contributed by atoms with Crippen molar-refractivity contribution in [2.45, 2.75) is 19.8 Å². The number of nitrogens with one attached hydrogen (secondary N) is 1. The lowest BCUT2D eigenvalue weighted by Crippen LogP contribution is -2.29. The van der Waals surface area contributed by atoms with E-state index in [0.29, 0.717) is 24.0 Å². The first-order valence-corrected chi connectivity index (χ1v) is 9.90. The van der Waals surface area contributed by atoms with Crippen LogP contribution in [0.4, 0.5) is 5.69 Å². The Morgan fingerprint density at radius 2 is 1.85 bits per heavy atom. The molecule has 0 aromatic heterocycles. The first kappa shape index (κ1) is 18.8. The van der Waals surface area contributed by atoms with E-state index in [-0.39, 0.29) is 23.1 Å². The van der Waals surface area contributed by atoms with E-state index < -0.39 is 16.1 Å². The van der Waals surface area contributed by atoms with E-state index in [9.17, 15) is 23.4 Å². The number of hydrogen-bond donors (Lipinski definition) is 3. The Labute approximate surface area is 157 Å². The molecular weight excluding hydrogens is 368 g/mol. The molecule has 0 saturated heterocycles. The summed E-state index contributed by atoms with van der Waals surface area (Å²) in [4.78, 5) is 12.7. The lowest BCUT2D eigenvalue weighted by molar-refractivity contribution is 0.0916. The standard InChI is InChI=1S/C19H20N2O5S/c1-2-14(19(24)15-6-4-3-5-7-15)10-13-8-9-16(17(22)11-13)21-12-18(23)20-27(21,25)26/h3-9,11-12,14,20,22-23H,2,10H2,1H3. The van der Waals surface area contributed by atoms with Crippen LogP contribution >= 0.6 is 0 Å². The monoisotopic (exact) mass is 388 g/mol. The van der Waals surface area contributed by atoms with Gasteiger partial charge in [0.1, 0.15) is 11.4 Å². The summed E-state index contributed by atoms with van der Waals surface area (Å²) in [5, 5.41) is 19.7. The van der Waals surface area contributed by atoms with Crippen molar-refractivity contribution in [1.29, 1.82) is 0 Å². The Balaban J connectivity index is 1.82. The van der Waals surface area contributed by atoms with Gasteiger partial charge in [0.2, 0.25) is 5.88 Å². The average Bonchev–Trinajstić information content (AvgIpc) is 2.92. The van der Waals surface area contributed by atoms with Crippen LogP contribution in [0.15, 0.2) is 60.6 Å². The van der Waals surface area contributed by atoms with Crippen LogP contribution in [0.1, 0.15) is 29.3 Å². The third-order valence-electron chi connectivity index (χ3n) is 4.41. The number of aliphatic hydroxyl groups is 1. The van der Waals surface area contributed by atoms with Crippen LogP contribution in [0.2, 0.25) is 0 Å². The maximum absolute atomic E-state index is 12.7. The van der Waals surface area contributed by atoms with Crippen molar-refractivity contribution in [1.82, 2.24) is 4.72 Å². The lowest BCUT2D eigenvalue weighted by Gasteiger charge is -2.18. The lowest BCUT2D eigenvalue weighted by atomic mass is 9.89. The molecule has 1 atom stereocenters. The number of hydrogen-bond acceptors (Lipinski definition) is 5. The maximum atomic E-state index is 12.7. The van der Waals surface area contributed by atoms with E-state index in [1.54, 1.807) is 18.2 Å². The van der Waals surface area contributed by atoms with Gasteiger partial charge in [-0.3, -0.25) is 4.79 Å². The van der Waals surface area contributed by atoms with Gasteiger partial charge in [-0.05, 0) is 30.5 Å². The van der Waals surface area contributed by atoms with Crippen molar-refractivity contribution in [2.24, 2.45) is 5.92 Å². The highest BCUT2D eigenvalue weighted by atomic mass is 32.2. The Kier molecular flexibility index (Phi) is 5.09. The number of aliphatic hydroxyl groups excluding tert-OH is 1. The second-order valence-corrected chi connectivity index (χ2v) is 7.83. The fraction of sp³-hybridized carbons (Fsp3) is 0.211. The Morgan fingerprint density at radius 1 is 1.15 bits per heavy atom. The second kappa shape index (κ2) is 7.32. The molecule has 2 aromatic carbocycles. The molecule has 1 unspecified atom stereocenters. The first-order chi connectivity index (χ1) is 12.8. The number of carbonyl (C=O) groups excluding carboxylic acids is 1. The molecule has 142 valence electrons. The molecule has 0 fully saturated rings. The normalized spacial score (nSPS) is 16.5. The molecule has 1 heterocycles. The molecule has 0 amide bonds. The highest BCUT2D eigenvalue weighted by Gasteiger charge is 2.30. The third kappa shape index (κ3) is 3.90. The number of anilines is 1. The summed E-state index contributed by atoms with van der Waals surface area (Å²) in [6.45, 7) is 1.93. The summed E-state index contributed by atoms with van der Waals surface area (Å²) in [7, 11) is -3.98. The van der Waals surface area contributed by atoms with Crippen LogP contribution in [0, 0.1) is 5.92 Å². The molecule has 1 aliphatic heterocycles. The van der Waals surface area contributed by atoms with Crippen molar-refractivity contribution >= 4 is 21.7 Å². The van der Waals surface area contributed by atoms with Gasteiger partial charge in [0.05, 0.1) is 6.20 Å². The van der Waals surface area contributed by atoms with Crippen LogP contribution in [0.25, 0.3) is 0 Å². The zero-order chi connectivity index (χ0) is 19.6. The molecule has 7 nitrogen and oxygen atoms in total. The molecule has 3 rings (SSSR count). The number of nitrogens with zero attached hydrogens (tertiary/aromatic N) is 1. The molecule has 8 heteroatoms. The molecule has 27 heavy (non-hydrogen) atoms. The topological polar surface area (TPSA) is 107 Å². The summed E-state index contributed by atoms with van der Waals surface area (Å²) >= 11 is 0. The molecule has 0 bridgehead atoms. The number of benzene rings is 2. The summed E-state index contributed by atoms with van der Waals surface area (Å²) < 4.78 is 26.5. The second-order valence-electron chi connectivity index (χ2n) is 6.28.